The van der Waals surface area contributed by atoms with Crippen LogP contribution in [0.25, 0.3) is 6.08 Å². The molecule has 2 aromatic rings. The summed E-state index contributed by atoms with van der Waals surface area (Å²) >= 11 is 6.25. The number of anilines is 1. The maximum atomic E-state index is 13.0. The standard InChI is InChI=1S/C21H15NO8S2/c23-17(24)4-5-30-15-3-1-2-11(6-15)7-16-18(25)22(21(31)32-16)14-9-12(19(26)27)8-13(10-14)20(28)29/h1-3,6-10H,4-5H2,(H,23,24)(H,26,27)(H,28,29)/b16-7-. The van der Waals surface area contributed by atoms with Gasteiger partial charge in [0.2, 0.25) is 0 Å². The molecule has 1 fully saturated rings. The van der Waals surface area contributed by atoms with Crippen molar-refractivity contribution < 1.29 is 39.2 Å². The zero-order chi connectivity index (χ0) is 23.4. The number of carbonyl (C=O) groups excluding carboxylic acids is 1. The summed E-state index contributed by atoms with van der Waals surface area (Å²) in [6, 6.07) is 10.0. The van der Waals surface area contributed by atoms with Crippen molar-refractivity contribution in [2.75, 3.05) is 11.5 Å². The Morgan fingerprint density at radius 2 is 1.69 bits per heavy atom. The molecule has 32 heavy (non-hydrogen) atoms. The van der Waals surface area contributed by atoms with Crippen LogP contribution in [0.1, 0.15) is 32.7 Å². The Labute approximate surface area is 190 Å². The number of aliphatic carboxylic acids is 1. The number of carboxylic acid groups (broad SMARTS) is 3. The van der Waals surface area contributed by atoms with Crippen molar-refractivity contribution in [1.29, 1.82) is 0 Å². The van der Waals surface area contributed by atoms with E-state index in [1.54, 1.807) is 30.3 Å². The Morgan fingerprint density at radius 3 is 2.28 bits per heavy atom. The summed E-state index contributed by atoms with van der Waals surface area (Å²) in [6.07, 6.45) is 1.40. The van der Waals surface area contributed by atoms with Crippen molar-refractivity contribution in [2.45, 2.75) is 6.42 Å². The Bertz CT molecular complexity index is 1140. The van der Waals surface area contributed by atoms with Gasteiger partial charge in [-0.05, 0) is 42.0 Å². The topological polar surface area (TPSA) is 141 Å². The first-order chi connectivity index (χ1) is 15.2. The fraction of sp³-hybridized carbons (Fsp3) is 0.0952. The highest BCUT2D eigenvalue weighted by Gasteiger charge is 2.34. The highest BCUT2D eigenvalue weighted by molar-refractivity contribution is 8.27. The smallest absolute Gasteiger partial charge is 0.335 e. The average molecular weight is 473 g/mol. The molecule has 0 bridgehead atoms. The Balaban J connectivity index is 1.88. The first-order valence-corrected chi connectivity index (χ1v) is 10.2. The molecule has 9 nitrogen and oxygen atoms in total. The molecule has 0 aromatic heterocycles. The summed E-state index contributed by atoms with van der Waals surface area (Å²) in [4.78, 5) is 47.6. The second-order valence-corrected chi connectivity index (χ2v) is 8.14. The molecule has 1 heterocycles. The van der Waals surface area contributed by atoms with Gasteiger partial charge in [-0.2, -0.15) is 0 Å². The van der Waals surface area contributed by atoms with E-state index in [1.165, 1.54) is 12.1 Å². The van der Waals surface area contributed by atoms with E-state index in [0.29, 0.717) is 11.3 Å². The van der Waals surface area contributed by atoms with Gasteiger partial charge >= 0.3 is 17.9 Å². The summed E-state index contributed by atoms with van der Waals surface area (Å²) in [6.45, 7) is -0.00721. The summed E-state index contributed by atoms with van der Waals surface area (Å²) in [5, 5.41) is 27.2. The number of aromatic carboxylic acids is 2. The van der Waals surface area contributed by atoms with Gasteiger partial charge in [0, 0.05) is 0 Å². The average Bonchev–Trinajstić information content (AvgIpc) is 3.00. The zero-order valence-corrected chi connectivity index (χ0v) is 17.8. The second kappa shape index (κ2) is 9.62. The number of thioether (sulfide) groups is 1. The molecule has 1 amide bonds. The van der Waals surface area contributed by atoms with Gasteiger partial charge in [0.25, 0.3) is 5.91 Å². The van der Waals surface area contributed by atoms with Crippen LogP contribution in [0.2, 0.25) is 0 Å². The predicted octanol–water partition coefficient (Wildman–Crippen LogP) is 3.34. The number of ether oxygens (including phenoxy) is 1. The number of carboxylic acids is 3. The summed E-state index contributed by atoms with van der Waals surface area (Å²) in [5.74, 6) is -3.76. The van der Waals surface area contributed by atoms with Crippen LogP contribution in [0, 0.1) is 0 Å². The van der Waals surface area contributed by atoms with Crippen molar-refractivity contribution in [3.8, 4) is 5.75 Å². The minimum atomic E-state index is -1.34. The van der Waals surface area contributed by atoms with Gasteiger partial charge in [-0.3, -0.25) is 14.5 Å². The molecule has 3 N–H and O–H groups in total. The predicted molar refractivity (Wildman–Crippen MR) is 120 cm³/mol. The number of amides is 1. The van der Waals surface area contributed by atoms with Crippen LogP contribution in [0.3, 0.4) is 0 Å². The molecule has 0 aliphatic carbocycles. The molecule has 1 aliphatic heterocycles. The van der Waals surface area contributed by atoms with E-state index >= 15 is 0 Å². The van der Waals surface area contributed by atoms with Crippen molar-refractivity contribution in [3.05, 3.63) is 64.1 Å². The highest BCUT2D eigenvalue weighted by atomic mass is 32.2. The molecule has 11 heteroatoms. The fourth-order valence-corrected chi connectivity index (χ4v) is 4.08. The lowest BCUT2D eigenvalue weighted by Gasteiger charge is -2.16. The van der Waals surface area contributed by atoms with Crippen molar-refractivity contribution in [1.82, 2.24) is 0 Å². The number of hydrogen-bond acceptors (Lipinski definition) is 7. The third-order valence-electron chi connectivity index (χ3n) is 4.20. The third kappa shape index (κ3) is 5.31. The van der Waals surface area contributed by atoms with Crippen LogP contribution in [-0.2, 0) is 9.59 Å². The lowest BCUT2D eigenvalue weighted by molar-refractivity contribution is -0.137. The van der Waals surface area contributed by atoms with E-state index < -0.39 is 23.8 Å². The molecule has 1 saturated heterocycles. The SMILES string of the molecule is O=C(O)CCOc1cccc(/C=C2\SC(=S)N(c3cc(C(=O)O)cc(C(=O)O)c3)C2=O)c1. The van der Waals surface area contributed by atoms with E-state index in [2.05, 4.69) is 0 Å². The number of nitrogens with zero attached hydrogens (tertiary/aromatic N) is 1. The first-order valence-electron chi connectivity index (χ1n) is 9.00. The van der Waals surface area contributed by atoms with Crippen LogP contribution >= 0.6 is 24.0 Å². The maximum absolute atomic E-state index is 13.0. The molecule has 0 atom stereocenters. The molecular formula is C21H15NO8S2. The maximum Gasteiger partial charge on any atom is 0.335 e. The zero-order valence-electron chi connectivity index (χ0n) is 16.2. The van der Waals surface area contributed by atoms with Crippen LogP contribution in [0.15, 0.2) is 47.4 Å². The Hall–Kier alpha value is -3.70. The van der Waals surface area contributed by atoms with E-state index in [4.69, 9.17) is 22.1 Å². The van der Waals surface area contributed by atoms with Gasteiger partial charge in [0.15, 0.2) is 4.32 Å². The van der Waals surface area contributed by atoms with E-state index in [9.17, 15) is 29.4 Å². The lowest BCUT2D eigenvalue weighted by Crippen LogP contribution is -2.28. The molecule has 0 unspecified atom stereocenters. The van der Waals surface area contributed by atoms with Gasteiger partial charge in [-0.15, -0.1) is 0 Å². The molecule has 1 aliphatic rings. The Morgan fingerprint density at radius 1 is 1.03 bits per heavy atom. The number of thiocarbonyl (C=S) groups is 1. The summed E-state index contributed by atoms with van der Waals surface area (Å²) in [5.41, 5.74) is 0.0658. The molecule has 0 saturated carbocycles. The molecule has 2 aromatic carbocycles. The van der Waals surface area contributed by atoms with Gasteiger partial charge in [0.1, 0.15) is 5.75 Å². The second-order valence-electron chi connectivity index (χ2n) is 6.46. The van der Waals surface area contributed by atoms with E-state index in [0.717, 1.165) is 22.7 Å². The largest absolute Gasteiger partial charge is 0.493 e. The third-order valence-corrected chi connectivity index (χ3v) is 5.51. The van der Waals surface area contributed by atoms with Crippen LogP contribution in [0.5, 0.6) is 5.75 Å². The first kappa shape index (κ1) is 23.0. The molecule has 164 valence electrons. The summed E-state index contributed by atoms with van der Waals surface area (Å²) in [7, 11) is 0. The van der Waals surface area contributed by atoms with Gasteiger partial charge in [-0.1, -0.05) is 36.1 Å². The number of hydrogen-bond donors (Lipinski definition) is 3. The number of carbonyl (C=O) groups is 4. The fourth-order valence-electron chi connectivity index (χ4n) is 2.78. The number of rotatable bonds is 8. The quantitative estimate of drug-likeness (QED) is 0.386. The van der Waals surface area contributed by atoms with E-state index in [1.807, 2.05) is 0 Å². The van der Waals surface area contributed by atoms with Crippen LogP contribution in [-0.4, -0.2) is 50.1 Å². The van der Waals surface area contributed by atoms with Gasteiger partial charge in [-0.25, -0.2) is 9.59 Å². The summed E-state index contributed by atoms with van der Waals surface area (Å²) < 4.78 is 5.50. The minimum absolute atomic E-state index is 0.00721. The molecule has 3 rings (SSSR count). The van der Waals surface area contributed by atoms with Gasteiger partial charge in [0.05, 0.1) is 34.7 Å². The minimum Gasteiger partial charge on any atom is -0.493 e. The van der Waals surface area contributed by atoms with E-state index in [-0.39, 0.29) is 39.1 Å². The van der Waals surface area contributed by atoms with Crippen LogP contribution in [0.4, 0.5) is 5.69 Å². The van der Waals surface area contributed by atoms with Crippen molar-refractivity contribution >= 4 is 63.9 Å². The molecule has 0 radical (unpaired) electrons. The number of benzene rings is 2. The highest BCUT2D eigenvalue weighted by Crippen LogP contribution is 2.37. The molecular weight excluding hydrogens is 458 g/mol. The lowest BCUT2D eigenvalue weighted by atomic mass is 10.1. The molecule has 0 spiro atoms. The van der Waals surface area contributed by atoms with Crippen LogP contribution < -0.4 is 9.64 Å². The van der Waals surface area contributed by atoms with Crippen molar-refractivity contribution in [2.24, 2.45) is 0 Å². The van der Waals surface area contributed by atoms with Gasteiger partial charge < -0.3 is 20.1 Å². The Kier molecular flexibility index (Phi) is 6.91. The van der Waals surface area contributed by atoms with Crippen molar-refractivity contribution in [3.63, 3.8) is 0 Å². The monoisotopic (exact) mass is 473 g/mol. The normalized spacial score (nSPS) is 14.6.